The molecule has 3 aromatic rings. The first-order valence-corrected chi connectivity index (χ1v) is 9.93. The molecule has 0 radical (unpaired) electrons. The Labute approximate surface area is 184 Å². The van der Waals surface area contributed by atoms with Crippen LogP contribution in [0, 0.1) is 5.92 Å². The number of aromatic nitrogens is 2. The quantitative estimate of drug-likeness (QED) is 0.613. The minimum Gasteiger partial charge on any atom is -0.508 e. The highest BCUT2D eigenvalue weighted by molar-refractivity contribution is 6.03. The Hall–Kier alpha value is -4.14. The number of ether oxygens (including phenoxy) is 2. The smallest absolute Gasteiger partial charge is 0.229 e. The van der Waals surface area contributed by atoms with Gasteiger partial charge in [0.05, 0.1) is 38.2 Å². The molecule has 1 atom stereocenters. The maximum absolute atomic E-state index is 12.7. The fourth-order valence-corrected chi connectivity index (χ4v) is 3.56. The van der Waals surface area contributed by atoms with Gasteiger partial charge in [-0.05, 0) is 24.3 Å². The molecule has 1 aliphatic heterocycles. The normalized spacial score (nSPS) is 15.5. The van der Waals surface area contributed by atoms with Gasteiger partial charge in [-0.3, -0.25) is 9.59 Å². The molecule has 9 heteroatoms. The fraction of sp³-hybridized carbons (Fsp3) is 0.217. The van der Waals surface area contributed by atoms with E-state index in [9.17, 15) is 14.7 Å². The molecule has 2 N–H and O–H groups in total. The van der Waals surface area contributed by atoms with E-state index in [4.69, 9.17) is 9.47 Å². The molecule has 1 aliphatic rings. The summed E-state index contributed by atoms with van der Waals surface area (Å²) in [5.74, 6) is 0.674. The van der Waals surface area contributed by atoms with Crippen molar-refractivity contribution in [2.45, 2.75) is 6.42 Å². The molecule has 2 amide bonds. The lowest BCUT2D eigenvalue weighted by molar-refractivity contribution is -0.122. The lowest BCUT2D eigenvalue weighted by Gasteiger charge is -2.18. The van der Waals surface area contributed by atoms with Crippen LogP contribution < -0.4 is 19.7 Å². The zero-order valence-corrected chi connectivity index (χ0v) is 17.6. The van der Waals surface area contributed by atoms with Crippen molar-refractivity contribution in [1.82, 2.24) is 9.97 Å². The maximum Gasteiger partial charge on any atom is 0.229 e. The van der Waals surface area contributed by atoms with Crippen molar-refractivity contribution in [3.05, 3.63) is 54.9 Å². The number of phenols is 1. The van der Waals surface area contributed by atoms with Crippen LogP contribution in [0.5, 0.6) is 17.2 Å². The summed E-state index contributed by atoms with van der Waals surface area (Å²) in [5, 5.41) is 12.4. The molecule has 1 saturated heterocycles. The molecule has 0 saturated carbocycles. The van der Waals surface area contributed by atoms with Gasteiger partial charge in [0.1, 0.15) is 5.75 Å². The molecule has 0 aliphatic carbocycles. The first kappa shape index (κ1) is 21.1. The second-order valence-corrected chi connectivity index (χ2v) is 7.28. The van der Waals surface area contributed by atoms with Gasteiger partial charge in [-0.1, -0.05) is 12.1 Å². The molecule has 2 aromatic carbocycles. The van der Waals surface area contributed by atoms with Gasteiger partial charge in [-0.15, -0.1) is 0 Å². The summed E-state index contributed by atoms with van der Waals surface area (Å²) in [6.07, 6.45) is 3.09. The number of aromatic hydroxyl groups is 1. The van der Waals surface area contributed by atoms with E-state index in [2.05, 4.69) is 15.3 Å². The summed E-state index contributed by atoms with van der Waals surface area (Å²) in [6.45, 7) is 0.252. The van der Waals surface area contributed by atoms with E-state index >= 15 is 0 Å². The highest BCUT2D eigenvalue weighted by Gasteiger charge is 2.35. The number of rotatable bonds is 6. The SMILES string of the molecule is COc1ccc(N2CC(C(=O)Nc3cnc(-c4cccc(O)c4)nc3)CC2=O)cc1OC. The molecular weight excluding hydrogens is 412 g/mol. The maximum atomic E-state index is 12.7. The van der Waals surface area contributed by atoms with E-state index in [1.807, 2.05) is 0 Å². The van der Waals surface area contributed by atoms with Gasteiger partial charge in [-0.2, -0.15) is 0 Å². The van der Waals surface area contributed by atoms with Crippen molar-refractivity contribution in [2.24, 2.45) is 5.92 Å². The van der Waals surface area contributed by atoms with Gasteiger partial charge in [0, 0.05) is 30.3 Å². The number of carbonyl (C=O) groups is 2. The summed E-state index contributed by atoms with van der Waals surface area (Å²) >= 11 is 0. The Balaban J connectivity index is 1.43. The average Bonchev–Trinajstić information content (AvgIpc) is 3.21. The van der Waals surface area contributed by atoms with Crippen LogP contribution in [0.3, 0.4) is 0 Å². The zero-order chi connectivity index (χ0) is 22.7. The number of carbonyl (C=O) groups excluding carboxylic acids is 2. The lowest BCUT2D eigenvalue weighted by Crippen LogP contribution is -2.28. The molecule has 0 spiro atoms. The summed E-state index contributed by atoms with van der Waals surface area (Å²) < 4.78 is 10.5. The van der Waals surface area contributed by atoms with Gasteiger partial charge < -0.3 is 24.8 Å². The van der Waals surface area contributed by atoms with Crippen LogP contribution in [-0.4, -0.2) is 47.7 Å². The molecule has 2 heterocycles. The van der Waals surface area contributed by atoms with Crippen molar-refractivity contribution in [3.63, 3.8) is 0 Å². The number of phenolic OH excluding ortho intramolecular Hbond substituents is 1. The van der Waals surface area contributed by atoms with Crippen LogP contribution in [0.25, 0.3) is 11.4 Å². The van der Waals surface area contributed by atoms with Gasteiger partial charge in [0.25, 0.3) is 0 Å². The topological polar surface area (TPSA) is 114 Å². The number of benzene rings is 2. The zero-order valence-electron chi connectivity index (χ0n) is 17.6. The molecule has 0 bridgehead atoms. The summed E-state index contributed by atoms with van der Waals surface area (Å²) in [5.41, 5.74) is 1.73. The third-order valence-corrected chi connectivity index (χ3v) is 5.20. The Bertz CT molecular complexity index is 1150. The van der Waals surface area contributed by atoms with Crippen molar-refractivity contribution in [2.75, 3.05) is 31.0 Å². The monoisotopic (exact) mass is 434 g/mol. The van der Waals surface area contributed by atoms with Crippen molar-refractivity contribution < 1.29 is 24.2 Å². The first-order chi connectivity index (χ1) is 15.5. The van der Waals surface area contributed by atoms with Crippen molar-refractivity contribution >= 4 is 23.2 Å². The lowest BCUT2D eigenvalue weighted by atomic mass is 10.1. The van der Waals surface area contributed by atoms with Crippen LogP contribution >= 0.6 is 0 Å². The van der Waals surface area contributed by atoms with Crippen LogP contribution in [0.1, 0.15) is 6.42 Å². The average molecular weight is 434 g/mol. The highest BCUT2D eigenvalue weighted by atomic mass is 16.5. The van der Waals surface area contributed by atoms with Gasteiger partial charge in [0.15, 0.2) is 17.3 Å². The van der Waals surface area contributed by atoms with E-state index in [1.54, 1.807) is 54.5 Å². The standard InChI is InChI=1S/C23H22N4O5/c1-31-19-7-6-17(10-20(19)32-2)27-13-15(9-21(27)29)23(30)26-16-11-24-22(25-12-16)14-4-3-5-18(28)8-14/h3-8,10-12,15,28H,9,13H2,1-2H3,(H,26,30). The number of amides is 2. The van der Waals surface area contributed by atoms with Crippen LogP contribution in [0.2, 0.25) is 0 Å². The molecule has 32 heavy (non-hydrogen) atoms. The number of nitrogens with one attached hydrogen (secondary N) is 1. The van der Waals surface area contributed by atoms with Crippen LogP contribution in [0.15, 0.2) is 54.9 Å². The first-order valence-electron chi connectivity index (χ1n) is 9.93. The molecular formula is C23H22N4O5. The third-order valence-electron chi connectivity index (χ3n) is 5.20. The van der Waals surface area contributed by atoms with E-state index in [0.717, 1.165) is 0 Å². The van der Waals surface area contributed by atoms with E-state index < -0.39 is 5.92 Å². The van der Waals surface area contributed by atoms with E-state index in [0.29, 0.717) is 34.3 Å². The minimum atomic E-state index is -0.513. The van der Waals surface area contributed by atoms with Crippen molar-refractivity contribution in [1.29, 1.82) is 0 Å². The second-order valence-electron chi connectivity index (χ2n) is 7.28. The van der Waals surface area contributed by atoms with Gasteiger partial charge >= 0.3 is 0 Å². The molecule has 1 unspecified atom stereocenters. The third kappa shape index (κ3) is 4.31. The van der Waals surface area contributed by atoms with Crippen LogP contribution in [-0.2, 0) is 9.59 Å². The Morgan fingerprint density at radius 3 is 2.53 bits per heavy atom. The predicted molar refractivity (Wildman–Crippen MR) is 118 cm³/mol. The Morgan fingerprint density at radius 1 is 1.09 bits per heavy atom. The number of methoxy groups -OCH3 is 2. The minimum absolute atomic E-state index is 0.0996. The van der Waals surface area contributed by atoms with Crippen molar-refractivity contribution in [3.8, 4) is 28.6 Å². The summed E-state index contributed by atoms with van der Waals surface area (Å²) in [4.78, 5) is 35.3. The highest BCUT2D eigenvalue weighted by Crippen LogP contribution is 2.34. The van der Waals surface area contributed by atoms with Gasteiger partial charge in [0.2, 0.25) is 11.8 Å². The van der Waals surface area contributed by atoms with E-state index in [1.165, 1.54) is 19.5 Å². The largest absolute Gasteiger partial charge is 0.508 e. The Morgan fingerprint density at radius 2 is 1.84 bits per heavy atom. The van der Waals surface area contributed by atoms with Crippen LogP contribution in [0.4, 0.5) is 11.4 Å². The second kappa shape index (κ2) is 8.93. The fourth-order valence-electron chi connectivity index (χ4n) is 3.56. The number of hydrogen-bond donors (Lipinski definition) is 2. The predicted octanol–water partition coefficient (Wildman–Crippen LogP) is 2.86. The Kier molecular flexibility index (Phi) is 5.89. The number of nitrogens with zero attached hydrogens (tertiary/aromatic N) is 3. The summed E-state index contributed by atoms with van der Waals surface area (Å²) in [7, 11) is 3.07. The summed E-state index contributed by atoms with van der Waals surface area (Å²) in [6, 6.07) is 11.8. The molecule has 1 aromatic heterocycles. The number of anilines is 2. The number of hydrogen-bond acceptors (Lipinski definition) is 7. The molecule has 4 rings (SSSR count). The molecule has 164 valence electrons. The van der Waals surface area contributed by atoms with Gasteiger partial charge in [-0.25, -0.2) is 9.97 Å². The molecule has 1 fully saturated rings. The molecule has 9 nitrogen and oxygen atoms in total. The van der Waals surface area contributed by atoms with E-state index in [-0.39, 0.29) is 30.5 Å².